The number of ketones is 1. The number of halogens is 1. The summed E-state index contributed by atoms with van der Waals surface area (Å²) in [5.41, 5.74) is 1.29. The minimum absolute atomic E-state index is 0.0201. The second kappa shape index (κ2) is 4.66. The van der Waals surface area contributed by atoms with Crippen LogP contribution in [0.15, 0.2) is 24.3 Å². The molecule has 84 valence electrons. The molecule has 1 N–H and O–H groups in total. The quantitative estimate of drug-likeness (QED) is 0.646. The molecule has 0 radical (unpaired) electrons. The van der Waals surface area contributed by atoms with E-state index in [9.17, 15) is 9.59 Å². The lowest BCUT2D eigenvalue weighted by Crippen LogP contribution is -2.13. The average molecular weight is 238 g/mol. The first kappa shape index (κ1) is 11.1. The van der Waals surface area contributed by atoms with Gasteiger partial charge in [0.2, 0.25) is 5.91 Å². The smallest absolute Gasteiger partial charge is 0.227 e. The first-order valence-corrected chi connectivity index (χ1v) is 5.74. The van der Waals surface area contributed by atoms with Crippen LogP contribution < -0.4 is 5.32 Å². The van der Waals surface area contributed by atoms with Gasteiger partial charge < -0.3 is 5.32 Å². The molecule has 1 aliphatic carbocycles. The van der Waals surface area contributed by atoms with Crippen LogP contribution in [0.2, 0.25) is 0 Å². The molecule has 1 aliphatic rings. The van der Waals surface area contributed by atoms with E-state index in [1.54, 1.807) is 24.3 Å². The molecule has 1 aromatic rings. The molecule has 0 aromatic heterocycles. The zero-order chi connectivity index (χ0) is 11.5. The molecule has 0 bridgehead atoms. The Morgan fingerprint density at radius 1 is 1.25 bits per heavy atom. The Kier molecular flexibility index (Phi) is 3.25. The number of hydrogen-bond acceptors (Lipinski definition) is 2. The van der Waals surface area contributed by atoms with Crippen molar-refractivity contribution in [3.05, 3.63) is 29.8 Å². The van der Waals surface area contributed by atoms with E-state index in [2.05, 4.69) is 5.32 Å². The Morgan fingerprint density at radius 2 is 1.88 bits per heavy atom. The van der Waals surface area contributed by atoms with Crippen molar-refractivity contribution >= 4 is 29.0 Å². The van der Waals surface area contributed by atoms with E-state index in [4.69, 9.17) is 11.6 Å². The first-order chi connectivity index (χ1) is 7.70. The van der Waals surface area contributed by atoms with E-state index >= 15 is 0 Å². The fourth-order valence-electron chi connectivity index (χ4n) is 1.41. The second-order valence-electron chi connectivity index (χ2n) is 3.90. The SMILES string of the molecule is O=C(CCl)c1ccc(NC(=O)C2CC2)cc1. The van der Waals surface area contributed by atoms with Gasteiger partial charge in [0.05, 0.1) is 5.88 Å². The zero-order valence-electron chi connectivity index (χ0n) is 8.70. The Morgan fingerprint density at radius 3 is 2.38 bits per heavy atom. The summed E-state index contributed by atoms with van der Waals surface area (Å²) in [6.45, 7) is 0. The van der Waals surface area contributed by atoms with Crippen LogP contribution in [0.1, 0.15) is 23.2 Å². The summed E-state index contributed by atoms with van der Waals surface area (Å²) in [4.78, 5) is 22.7. The molecule has 0 spiro atoms. The lowest BCUT2D eigenvalue weighted by molar-refractivity contribution is -0.117. The first-order valence-electron chi connectivity index (χ1n) is 5.21. The summed E-state index contributed by atoms with van der Waals surface area (Å²) < 4.78 is 0. The van der Waals surface area contributed by atoms with Gasteiger partial charge in [-0.25, -0.2) is 0 Å². The van der Waals surface area contributed by atoms with Gasteiger partial charge in [-0.1, -0.05) is 0 Å². The number of rotatable bonds is 4. The van der Waals surface area contributed by atoms with Crippen molar-refractivity contribution in [1.82, 2.24) is 0 Å². The Balaban J connectivity index is 2.01. The third kappa shape index (κ3) is 2.61. The highest BCUT2D eigenvalue weighted by Gasteiger charge is 2.29. The van der Waals surface area contributed by atoms with E-state index in [0.717, 1.165) is 18.5 Å². The van der Waals surface area contributed by atoms with Crippen LogP contribution in [0.25, 0.3) is 0 Å². The number of benzene rings is 1. The van der Waals surface area contributed by atoms with Gasteiger partial charge >= 0.3 is 0 Å². The number of alkyl halides is 1. The molecule has 3 nitrogen and oxygen atoms in total. The molecule has 2 rings (SSSR count). The van der Waals surface area contributed by atoms with Crippen LogP contribution in [-0.4, -0.2) is 17.6 Å². The van der Waals surface area contributed by atoms with Gasteiger partial charge in [-0.2, -0.15) is 0 Å². The van der Waals surface area contributed by atoms with Crippen molar-refractivity contribution in [2.24, 2.45) is 5.92 Å². The van der Waals surface area contributed by atoms with Crippen LogP contribution in [0.3, 0.4) is 0 Å². The highest BCUT2D eigenvalue weighted by atomic mass is 35.5. The molecule has 0 unspecified atom stereocenters. The molecule has 1 fully saturated rings. The largest absolute Gasteiger partial charge is 0.326 e. The van der Waals surface area contributed by atoms with E-state index in [0.29, 0.717) is 5.56 Å². The zero-order valence-corrected chi connectivity index (χ0v) is 9.46. The summed E-state index contributed by atoms with van der Waals surface area (Å²) >= 11 is 5.44. The fraction of sp³-hybridized carbons (Fsp3) is 0.333. The van der Waals surface area contributed by atoms with Crippen molar-refractivity contribution < 1.29 is 9.59 Å². The van der Waals surface area contributed by atoms with Gasteiger partial charge in [-0.05, 0) is 37.1 Å². The number of nitrogens with one attached hydrogen (secondary N) is 1. The fourth-order valence-corrected chi connectivity index (χ4v) is 1.56. The maximum Gasteiger partial charge on any atom is 0.227 e. The van der Waals surface area contributed by atoms with Gasteiger partial charge in [-0.15, -0.1) is 11.6 Å². The van der Waals surface area contributed by atoms with Gasteiger partial charge in [0.15, 0.2) is 5.78 Å². The highest BCUT2D eigenvalue weighted by molar-refractivity contribution is 6.30. The molecule has 16 heavy (non-hydrogen) atoms. The van der Waals surface area contributed by atoms with Gasteiger partial charge in [0.25, 0.3) is 0 Å². The summed E-state index contributed by atoms with van der Waals surface area (Å²) in [6, 6.07) is 6.79. The Bertz CT molecular complexity index is 410. The van der Waals surface area contributed by atoms with Gasteiger partial charge in [-0.3, -0.25) is 9.59 Å². The minimum Gasteiger partial charge on any atom is -0.326 e. The monoisotopic (exact) mass is 237 g/mol. The Hall–Kier alpha value is -1.35. The normalized spacial score (nSPS) is 14.6. The molecule has 0 atom stereocenters. The highest BCUT2D eigenvalue weighted by Crippen LogP contribution is 2.30. The summed E-state index contributed by atoms with van der Waals surface area (Å²) in [5.74, 6) is 0.121. The van der Waals surface area contributed by atoms with E-state index in [1.807, 2.05) is 0 Å². The maximum absolute atomic E-state index is 11.5. The topological polar surface area (TPSA) is 46.2 Å². The molecular formula is C12H12ClNO2. The van der Waals surface area contributed by atoms with E-state index < -0.39 is 0 Å². The number of Topliss-reactive ketones (excluding diaryl/α,β-unsaturated/α-hetero) is 1. The molecule has 1 saturated carbocycles. The van der Waals surface area contributed by atoms with Gasteiger partial charge in [0.1, 0.15) is 0 Å². The van der Waals surface area contributed by atoms with Crippen molar-refractivity contribution in [2.75, 3.05) is 11.2 Å². The van der Waals surface area contributed by atoms with Gasteiger partial charge in [0, 0.05) is 17.2 Å². The van der Waals surface area contributed by atoms with Crippen molar-refractivity contribution in [1.29, 1.82) is 0 Å². The molecule has 0 aliphatic heterocycles. The van der Waals surface area contributed by atoms with Crippen molar-refractivity contribution in [3.63, 3.8) is 0 Å². The predicted octanol–water partition coefficient (Wildman–Crippen LogP) is 2.46. The Labute approximate surface area is 98.8 Å². The van der Waals surface area contributed by atoms with Crippen molar-refractivity contribution in [3.8, 4) is 0 Å². The third-order valence-electron chi connectivity index (χ3n) is 2.54. The number of carbonyl (C=O) groups excluding carboxylic acids is 2. The summed E-state index contributed by atoms with van der Waals surface area (Å²) in [7, 11) is 0. The molecule has 1 aromatic carbocycles. The lowest BCUT2D eigenvalue weighted by atomic mass is 10.1. The van der Waals surface area contributed by atoms with Crippen molar-refractivity contribution in [2.45, 2.75) is 12.8 Å². The van der Waals surface area contributed by atoms with E-state index in [-0.39, 0.29) is 23.5 Å². The lowest BCUT2D eigenvalue weighted by Gasteiger charge is -2.04. The summed E-state index contributed by atoms with van der Waals surface area (Å²) in [5, 5.41) is 2.80. The van der Waals surface area contributed by atoms with Crippen LogP contribution in [-0.2, 0) is 4.79 Å². The number of amides is 1. The molecule has 1 amide bonds. The molecule has 0 heterocycles. The number of anilines is 1. The third-order valence-corrected chi connectivity index (χ3v) is 2.79. The standard InChI is InChI=1S/C12H12ClNO2/c13-7-11(15)8-3-5-10(6-4-8)14-12(16)9-1-2-9/h3-6,9H,1-2,7H2,(H,14,16). The molecule has 0 saturated heterocycles. The number of hydrogen-bond donors (Lipinski definition) is 1. The van der Waals surface area contributed by atoms with Crippen LogP contribution >= 0.6 is 11.6 Å². The minimum atomic E-state index is -0.110. The van der Waals surface area contributed by atoms with Crippen LogP contribution in [0.4, 0.5) is 5.69 Å². The van der Waals surface area contributed by atoms with Crippen LogP contribution in [0, 0.1) is 5.92 Å². The molecular weight excluding hydrogens is 226 g/mol. The van der Waals surface area contributed by atoms with E-state index in [1.165, 1.54) is 0 Å². The predicted molar refractivity (Wildman–Crippen MR) is 62.8 cm³/mol. The summed E-state index contributed by atoms with van der Waals surface area (Å²) in [6.07, 6.45) is 1.96. The maximum atomic E-state index is 11.5. The molecule has 4 heteroatoms. The second-order valence-corrected chi connectivity index (χ2v) is 4.16. The number of carbonyl (C=O) groups is 2. The van der Waals surface area contributed by atoms with Crippen LogP contribution in [0.5, 0.6) is 0 Å². The average Bonchev–Trinajstić information content (AvgIpc) is 3.13.